The molecule has 7 heteroatoms. The molecule has 0 aromatic heterocycles. The minimum Gasteiger partial charge on any atom is -0.484 e. The number of hydrogen-bond acceptors (Lipinski definition) is 3. The summed E-state index contributed by atoms with van der Waals surface area (Å²) in [5.41, 5.74) is 1.69. The van der Waals surface area contributed by atoms with E-state index in [2.05, 4.69) is 5.32 Å². The molecule has 162 valence electrons. The smallest absolute Gasteiger partial charge is 0.261 e. The van der Waals surface area contributed by atoms with E-state index in [4.69, 9.17) is 27.9 Å². The number of nitrogens with one attached hydrogen (secondary N) is 1. The highest BCUT2D eigenvalue weighted by Gasteiger charge is 2.27. The van der Waals surface area contributed by atoms with Crippen LogP contribution in [0.5, 0.6) is 5.75 Å². The maximum Gasteiger partial charge on any atom is 0.261 e. The zero-order valence-corrected chi connectivity index (χ0v) is 19.3. The van der Waals surface area contributed by atoms with E-state index >= 15 is 0 Å². The maximum absolute atomic E-state index is 13.0. The van der Waals surface area contributed by atoms with Gasteiger partial charge in [-0.1, -0.05) is 60.8 Å². The number of halogens is 2. The Labute approximate surface area is 188 Å². The first kappa shape index (κ1) is 24.0. The summed E-state index contributed by atoms with van der Waals surface area (Å²) in [6.07, 6.45) is 0. The van der Waals surface area contributed by atoms with E-state index in [1.165, 1.54) is 4.90 Å². The third-order valence-electron chi connectivity index (χ3n) is 4.63. The van der Waals surface area contributed by atoms with Crippen molar-refractivity contribution in [3.05, 3.63) is 63.6 Å². The van der Waals surface area contributed by atoms with Crippen LogP contribution in [0, 0.1) is 12.8 Å². The molecule has 1 atom stereocenters. The molecule has 1 N–H and O–H groups in total. The van der Waals surface area contributed by atoms with Gasteiger partial charge in [-0.2, -0.15) is 0 Å². The molecule has 30 heavy (non-hydrogen) atoms. The first-order valence-corrected chi connectivity index (χ1v) is 10.6. The number of rotatable bonds is 9. The van der Waals surface area contributed by atoms with Gasteiger partial charge >= 0.3 is 0 Å². The first-order chi connectivity index (χ1) is 14.2. The Morgan fingerprint density at radius 3 is 2.20 bits per heavy atom. The number of carbonyl (C=O) groups is 2. The monoisotopic (exact) mass is 450 g/mol. The van der Waals surface area contributed by atoms with Crippen LogP contribution in [-0.4, -0.2) is 35.9 Å². The van der Waals surface area contributed by atoms with Gasteiger partial charge < -0.3 is 15.0 Å². The Kier molecular flexibility index (Phi) is 9.00. The number of hydrogen-bond donors (Lipinski definition) is 1. The van der Waals surface area contributed by atoms with Crippen LogP contribution in [0.1, 0.15) is 31.9 Å². The summed E-state index contributed by atoms with van der Waals surface area (Å²) >= 11 is 12.6. The summed E-state index contributed by atoms with van der Waals surface area (Å²) in [4.78, 5) is 27.1. The molecule has 0 aliphatic rings. The molecule has 0 radical (unpaired) electrons. The van der Waals surface area contributed by atoms with Crippen LogP contribution >= 0.6 is 23.2 Å². The van der Waals surface area contributed by atoms with Crippen LogP contribution in [0.15, 0.2) is 42.5 Å². The van der Waals surface area contributed by atoms with Crippen molar-refractivity contribution in [3.8, 4) is 5.75 Å². The standard InChI is InChI=1S/C23H28Cl2N2O3/c1-15(2)12-26-23(29)17(4)27(13-19-20(24)6-5-7-21(19)25)22(28)14-30-18-10-8-16(3)9-11-18/h5-11,15,17H,12-14H2,1-4H3,(H,26,29). The minimum absolute atomic E-state index is 0.102. The van der Waals surface area contributed by atoms with Gasteiger partial charge in [-0.05, 0) is 44.0 Å². The van der Waals surface area contributed by atoms with E-state index in [-0.39, 0.29) is 25.0 Å². The highest BCUT2D eigenvalue weighted by molar-refractivity contribution is 6.36. The molecule has 0 bridgehead atoms. The van der Waals surface area contributed by atoms with Crippen molar-refractivity contribution in [1.82, 2.24) is 10.2 Å². The summed E-state index contributed by atoms with van der Waals surface area (Å²) < 4.78 is 5.64. The van der Waals surface area contributed by atoms with Gasteiger partial charge in [0, 0.05) is 28.7 Å². The molecule has 0 fully saturated rings. The van der Waals surface area contributed by atoms with Gasteiger partial charge in [0.25, 0.3) is 5.91 Å². The Hall–Kier alpha value is -2.24. The lowest BCUT2D eigenvalue weighted by atomic mass is 10.1. The van der Waals surface area contributed by atoms with Crippen LogP contribution in [0.25, 0.3) is 0 Å². The average molecular weight is 451 g/mol. The second-order valence-electron chi connectivity index (χ2n) is 7.64. The number of nitrogens with zero attached hydrogens (tertiary/aromatic N) is 1. The Morgan fingerprint density at radius 1 is 1.03 bits per heavy atom. The van der Waals surface area contributed by atoms with Gasteiger partial charge in [0.05, 0.1) is 0 Å². The zero-order valence-electron chi connectivity index (χ0n) is 17.7. The fourth-order valence-corrected chi connectivity index (χ4v) is 3.27. The topological polar surface area (TPSA) is 58.6 Å². The third kappa shape index (κ3) is 6.92. The molecule has 2 amide bonds. The van der Waals surface area contributed by atoms with Gasteiger partial charge in [-0.15, -0.1) is 0 Å². The van der Waals surface area contributed by atoms with Gasteiger partial charge in [-0.3, -0.25) is 9.59 Å². The molecule has 2 aromatic rings. The quantitative estimate of drug-likeness (QED) is 0.592. The van der Waals surface area contributed by atoms with Crippen molar-refractivity contribution >= 4 is 35.0 Å². The molecular weight excluding hydrogens is 423 g/mol. The fourth-order valence-electron chi connectivity index (χ4n) is 2.75. The second kappa shape index (κ2) is 11.2. The molecule has 0 saturated carbocycles. The third-order valence-corrected chi connectivity index (χ3v) is 5.33. The van der Waals surface area contributed by atoms with Crippen LogP contribution in [0.4, 0.5) is 0 Å². The molecule has 1 unspecified atom stereocenters. The number of ether oxygens (including phenoxy) is 1. The van der Waals surface area contributed by atoms with Crippen molar-refractivity contribution in [2.24, 2.45) is 5.92 Å². The largest absolute Gasteiger partial charge is 0.484 e. The second-order valence-corrected chi connectivity index (χ2v) is 8.45. The summed E-state index contributed by atoms with van der Waals surface area (Å²) in [6.45, 7) is 8.10. The summed E-state index contributed by atoms with van der Waals surface area (Å²) in [5.74, 6) is 0.309. The Balaban J connectivity index is 2.19. The van der Waals surface area contributed by atoms with E-state index in [1.807, 2.05) is 32.9 Å². The van der Waals surface area contributed by atoms with E-state index in [9.17, 15) is 9.59 Å². The summed E-state index contributed by atoms with van der Waals surface area (Å²) in [5, 5.41) is 3.75. The molecule has 2 aromatic carbocycles. The van der Waals surface area contributed by atoms with E-state index in [0.717, 1.165) is 5.56 Å². The van der Waals surface area contributed by atoms with Crippen molar-refractivity contribution < 1.29 is 14.3 Å². The van der Waals surface area contributed by atoms with E-state index in [0.29, 0.717) is 33.8 Å². The molecular formula is C23H28Cl2N2O3. The SMILES string of the molecule is Cc1ccc(OCC(=O)N(Cc2c(Cl)cccc2Cl)C(C)C(=O)NCC(C)C)cc1. The van der Waals surface area contributed by atoms with Crippen molar-refractivity contribution in [2.45, 2.75) is 40.3 Å². The Bertz CT molecular complexity index is 849. The molecule has 0 heterocycles. The number of amides is 2. The van der Waals surface area contributed by atoms with Gasteiger partial charge in [0.15, 0.2) is 6.61 Å². The van der Waals surface area contributed by atoms with E-state index < -0.39 is 6.04 Å². The van der Waals surface area contributed by atoms with Gasteiger partial charge in [0.1, 0.15) is 11.8 Å². The van der Waals surface area contributed by atoms with E-state index in [1.54, 1.807) is 37.3 Å². The number of benzene rings is 2. The summed E-state index contributed by atoms with van der Waals surface area (Å²) in [6, 6.07) is 11.8. The van der Waals surface area contributed by atoms with Crippen LogP contribution in [-0.2, 0) is 16.1 Å². The predicted molar refractivity (Wildman–Crippen MR) is 121 cm³/mol. The lowest BCUT2D eigenvalue weighted by Gasteiger charge is -2.29. The fraction of sp³-hybridized carbons (Fsp3) is 0.391. The van der Waals surface area contributed by atoms with Gasteiger partial charge in [0.2, 0.25) is 5.91 Å². The molecule has 0 aliphatic carbocycles. The Morgan fingerprint density at radius 2 is 1.63 bits per heavy atom. The van der Waals surface area contributed by atoms with Crippen LogP contribution < -0.4 is 10.1 Å². The number of carbonyl (C=O) groups excluding carboxylic acids is 2. The normalized spacial score (nSPS) is 11.8. The lowest BCUT2D eigenvalue weighted by Crippen LogP contribution is -2.49. The van der Waals surface area contributed by atoms with Crippen LogP contribution in [0.3, 0.4) is 0 Å². The minimum atomic E-state index is -0.717. The molecule has 2 rings (SSSR count). The zero-order chi connectivity index (χ0) is 22.3. The average Bonchev–Trinajstić information content (AvgIpc) is 2.70. The van der Waals surface area contributed by atoms with Crippen molar-refractivity contribution in [1.29, 1.82) is 0 Å². The molecule has 0 saturated heterocycles. The van der Waals surface area contributed by atoms with Crippen LogP contribution in [0.2, 0.25) is 10.0 Å². The molecule has 0 spiro atoms. The first-order valence-electron chi connectivity index (χ1n) is 9.88. The molecule has 0 aliphatic heterocycles. The van der Waals surface area contributed by atoms with Crippen molar-refractivity contribution in [3.63, 3.8) is 0 Å². The highest BCUT2D eigenvalue weighted by Crippen LogP contribution is 2.26. The molecule has 5 nitrogen and oxygen atoms in total. The summed E-state index contributed by atoms with van der Waals surface area (Å²) in [7, 11) is 0. The number of aryl methyl sites for hydroxylation is 1. The lowest BCUT2D eigenvalue weighted by molar-refractivity contribution is -0.142. The maximum atomic E-state index is 13.0. The van der Waals surface area contributed by atoms with Crippen molar-refractivity contribution in [2.75, 3.05) is 13.2 Å². The predicted octanol–water partition coefficient (Wildman–Crippen LogP) is 4.87. The highest BCUT2D eigenvalue weighted by atomic mass is 35.5. The van der Waals surface area contributed by atoms with Gasteiger partial charge in [-0.25, -0.2) is 0 Å².